The Balaban J connectivity index is 2.00. The van der Waals surface area contributed by atoms with E-state index in [-0.39, 0.29) is 30.2 Å². The van der Waals surface area contributed by atoms with Crippen LogP contribution in [0.5, 0.6) is 6.01 Å². The lowest BCUT2D eigenvalue weighted by molar-refractivity contribution is 0.280. The third-order valence-corrected chi connectivity index (χ3v) is 2.98. The maximum absolute atomic E-state index is 13.7. The molecule has 0 saturated heterocycles. The van der Waals surface area contributed by atoms with Crippen LogP contribution in [0.2, 0.25) is 0 Å². The molecule has 7 heteroatoms. The largest absolute Gasteiger partial charge is 0.467 e. The average Bonchev–Trinajstić information content (AvgIpc) is 2.55. The van der Waals surface area contributed by atoms with Gasteiger partial charge in [0.2, 0.25) is 0 Å². The number of halogens is 1. The van der Waals surface area contributed by atoms with Gasteiger partial charge in [-0.25, -0.2) is 9.37 Å². The second kappa shape index (κ2) is 8.19. The molecule has 0 radical (unpaired) electrons. The van der Waals surface area contributed by atoms with Gasteiger partial charge in [-0.15, -0.1) is 0 Å². The first-order valence-electron chi connectivity index (χ1n) is 6.84. The van der Waals surface area contributed by atoms with Gasteiger partial charge in [-0.05, 0) is 24.7 Å². The Bertz CT molecular complexity index is 692. The molecule has 5 nitrogen and oxygen atoms in total. The number of anilines is 1. The van der Waals surface area contributed by atoms with Crippen LogP contribution >= 0.6 is 12.2 Å². The molecular formula is C16H16FN3O2S. The van der Waals surface area contributed by atoms with Crippen LogP contribution in [0.1, 0.15) is 11.1 Å². The normalized spacial score (nSPS) is 10.0. The van der Waals surface area contributed by atoms with Gasteiger partial charge in [0, 0.05) is 0 Å². The smallest absolute Gasteiger partial charge is 0.318 e. The molecule has 120 valence electrons. The van der Waals surface area contributed by atoms with E-state index in [0.717, 1.165) is 17.3 Å². The molecule has 0 spiro atoms. The van der Waals surface area contributed by atoms with Crippen molar-refractivity contribution in [3.63, 3.8) is 0 Å². The lowest BCUT2D eigenvalue weighted by Crippen LogP contribution is -2.16. The number of hydrogen-bond acceptors (Lipinski definition) is 5. The number of rotatable bonds is 6. The van der Waals surface area contributed by atoms with Crippen molar-refractivity contribution in [2.24, 2.45) is 0 Å². The summed E-state index contributed by atoms with van der Waals surface area (Å²) in [6.45, 7) is 6.00. The van der Waals surface area contributed by atoms with Crippen molar-refractivity contribution in [2.75, 3.05) is 11.9 Å². The number of hydrogen-bond donors (Lipinski definition) is 1. The van der Waals surface area contributed by atoms with Crippen molar-refractivity contribution in [3.05, 3.63) is 60.1 Å². The minimum atomic E-state index is -0.655. The summed E-state index contributed by atoms with van der Waals surface area (Å²) in [4.78, 5) is 7.73. The van der Waals surface area contributed by atoms with Gasteiger partial charge < -0.3 is 9.47 Å². The van der Waals surface area contributed by atoms with E-state index in [0.29, 0.717) is 0 Å². The quantitative estimate of drug-likeness (QED) is 0.646. The lowest BCUT2D eigenvalue weighted by atomic mass is 10.2. The van der Waals surface area contributed by atoms with Crippen molar-refractivity contribution < 1.29 is 13.9 Å². The maximum atomic E-state index is 13.7. The Morgan fingerprint density at radius 1 is 1.39 bits per heavy atom. The minimum Gasteiger partial charge on any atom is -0.467 e. The summed E-state index contributed by atoms with van der Waals surface area (Å²) < 4.78 is 24.2. The zero-order valence-corrected chi connectivity index (χ0v) is 13.4. The zero-order chi connectivity index (χ0) is 16.7. The number of aromatic nitrogens is 2. The van der Waals surface area contributed by atoms with Gasteiger partial charge >= 0.3 is 6.01 Å². The van der Waals surface area contributed by atoms with E-state index in [1.165, 1.54) is 6.08 Å². The van der Waals surface area contributed by atoms with Gasteiger partial charge in [-0.1, -0.05) is 42.5 Å². The molecular weight excluding hydrogens is 317 g/mol. The van der Waals surface area contributed by atoms with Crippen molar-refractivity contribution in [1.29, 1.82) is 0 Å². The Morgan fingerprint density at radius 3 is 2.83 bits per heavy atom. The molecule has 1 heterocycles. The second-order valence-electron chi connectivity index (χ2n) is 4.64. The molecule has 1 aromatic carbocycles. The average molecular weight is 333 g/mol. The van der Waals surface area contributed by atoms with E-state index in [2.05, 4.69) is 21.9 Å². The highest BCUT2D eigenvalue weighted by Crippen LogP contribution is 2.15. The van der Waals surface area contributed by atoms with Gasteiger partial charge in [0.15, 0.2) is 11.6 Å². The van der Waals surface area contributed by atoms with Gasteiger partial charge in [0.1, 0.15) is 13.2 Å². The molecule has 0 aliphatic carbocycles. The van der Waals surface area contributed by atoms with Crippen LogP contribution in [0.25, 0.3) is 0 Å². The molecule has 0 bridgehead atoms. The number of aryl methyl sites for hydroxylation is 1. The highest BCUT2D eigenvalue weighted by Gasteiger charge is 2.10. The molecule has 1 aromatic heterocycles. The van der Waals surface area contributed by atoms with E-state index < -0.39 is 5.82 Å². The summed E-state index contributed by atoms with van der Waals surface area (Å²) in [7, 11) is 0. The molecule has 0 aliphatic rings. The van der Waals surface area contributed by atoms with E-state index in [1.807, 2.05) is 31.2 Å². The first kappa shape index (κ1) is 16.8. The van der Waals surface area contributed by atoms with E-state index in [4.69, 9.17) is 21.7 Å². The van der Waals surface area contributed by atoms with E-state index in [1.54, 1.807) is 0 Å². The summed E-state index contributed by atoms with van der Waals surface area (Å²) in [6, 6.07) is 7.88. The topological polar surface area (TPSA) is 56.3 Å². The second-order valence-corrected chi connectivity index (χ2v) is 5.01. The third-order valence-electron chi connectivity index (χ3n) is 2.76. The minimum absolute atomic E-state index is 0.00742. The zero-order valence-electron chi connectivity index (χ0n) is 12.6. The molecule has 0 saturated carbocycles. The fourth-order valence-electron chi connectivity index (χ4n) is 1.61. The van der Waals surface area contributed by atoms with E-state index >= 15 is 0 Å². The van der Waals surface area contributed by atoms with Crippen LogP contribution in [0.4, 0.5) is 10.2 Å². The molecule has 0 amide bonds. The molecule has 23 heavy (non-hydrogen) atoms. The summed E-state index contributed by atoms with van der Waals surface area (Å²) in [5, 5.41) is 2.54. The number of benzene rings is 1. The van der Waals surface area contributed by atoms with Crippen LogP contribution in [-0.4, -0.2) is 21.7 Å². The summed E-state index contributed by atoms with van der Waals surface area (Å²) in [5.41, 5.74) is 2.12. The Labute approximate surface area is 139 Å². The first-order chi connectivity index (χ1) is 11.1. The molecule has 0 atom stereocenters. The molecule has 2 rings (SSSR count). The summed E-state index contributed by atoms with van der Waals surface area (Å²) in [5.74, 6) is -0.759. The van der Waals surface area contributed by atoms with Crippen LogP contribution in [0.15, 0.2) is 43.1 Å². The first-order valence-corrected chi connectivity index (χ1v) is 7.25. The Morgan fingerprint density at radius 2 is 2.13 bits per heavy atom. The number of nitrogens with zero attached hydrogens (tertiary/aromatic N) is 2. The van der Waals surface area contributed by atoms with Gasteiger partial charge in [-0.2, -0.15) is 4.98 Å². The van der Waals surface area contributed by atoms with Crippen molar-refractivity contribution >= 4 is 23.2 Å². The van der Waals surface area contributed by atoms with Crippen molar-refractivity contribution in [3.8, 4) is 6.01 Å². The fraction of sp³-hybridized carbons (Fsp3) is 0.188. The molecule has 1 N–H and O–H groups in total. The Kier molecular flexibility index (Phi) is 5.99. The monoisotopic (exact) mass is 333 g/mol. The van der Waals surface area contributed by atoms with Crippen LogP contribution in [0.3, 0.4) is 0 Å². The van der Waals surface area contributed by atoms with Crippen LogP contribution in [0, 0.1) is 12.7 Å². The highest BCUT2D eigenvalue weighted by molar-refractivity contribution is 7.80. The van der Waals surface area contributed by atoms with Crippen LogP contribution < -0.4 is 10.1 Å². The Hall–Kier alpha value is -2.54. The molecule has 2 aromatic rings. The van der Waals surface area contributed by atoms with Crippen molar-refractivity contribution in [2.45, 2.75) is 13.5 Å². The summed E-state index contributed by atoms with van der Waals surface area (Å²) in [6.07, 6.45) is 2.54. The fourth-order valence-corrected chi connectivity index (χ4v) is 1.77. The number of ether oxygens (including phenoxy) is 2. The molecule has 0 unspecified atom stereocenters. The van der Waals surface area contributed by atoms with Gasteiger partial charge in [0.05, 0.1) is 6.20 Å². The maximum Gasteiger partial charge on any atom is 0.318 e. The molecule has 0 fully saturated rings. The van der Waals surface area contributed by atoms with Gasteiger partial charge in [-0.3, -0.25) is 5.32 Å². The lowest BCUT2D eigenvalue weighted by Gasteiger charge is -2.10. The summed E-state index contributed by atoms with van der Waals surface area (Å²) >= 11 is 4.91. The predicted octanol–water partition coefficient (Wildman–Crippen LogP) is 3.40. The predicted molar refractivity (Wildman–Crippen MR) is 89.9 cm³/mol. The standard InChI is InChI=1S/C16H16FN3O2S/c1-3-8-21-16(23)20-14-13(17)9-18-15(19-14)22-10-12-6-4-11(2)5-7-12/h3-7,9H,1,8,10H2,2H3,(H,18,19,20,23). The van der Waals surface area contributed by atoms with E-state index in [9.17, 15) is 4.39 Å². The number of thiocarbonyl (C=S) groups is 1. The third kappa shape index (κ3) is 5.30. The SMILES string of the molecule is C=CCOC(=S)Nc1nc(OCc2ccc(C)cc2)ncc1F. The molecule has 0 aliphatic heterocycles. The van der Waals surface area contributed by atoms with Crippen LogP contribution in [-0.2, 0) is 11.3 Å². The van der Waals surface area contributed by atoms with Crippen molar-refractivity contribution in [1.82, 2.24) is 9.97 Å². The van der Waals surface area contributed by atoms with Gasteiger partial charge in [0.25, 0.3) is 5.17 Å². The highest BCUT2D eigenvalue weighted by atomic mass is 32.1. The number of nitrogens with one attached hydrogen (secondary N) is 1.